The molecule has 42 heavy (non-hydrogen) atoms. The number of aryl methyl sites for hydroxylation is 1. The van der Waals surface area contributed by atoms with Gasteiger partial charge in [-0.05, 0) is 60.9 Å². The van der Waals surface area contributed by atoms with Gasteiger partial charge in [-0.1, -0.05) is 72.8 Å². The summed E-state index contributed by atoms with van der Waals surface area (Å²) in [4.78, 5) is 44.2. The number of furan rings is 1. The number of fused-ring (bicyclic) bond motifs is 1. The van der Waals surface area contributed by atoms with Crippen LogP contribution in [0.2, 0.25) is 0 Å². The summed E-state index contributed by atoms with van der Waals surface area (Å²) in [5, 5.41) is 6.40. The van der Waals surface area contributed by atoms with Crippen molar-refractivity contribution in [3.63, 3.8) is 0 Å². The number of nitrogens with one attached hydrogen (secondary N) is 2. The summed E-state index contributed by atoms with van der Waals surface area (Å²) >= 11 is 1.29. The first kappa shape index (κ1) is 28.9. The van der Waals surface area contributed by atoms with Gasteiger partial charge in [-0.2, -0.15) is 0 Å². The van der Waals surface area contributed by atoms with Crippen LogP contribution in [0.3, 0.4) is 0 Å². The molecule has 5 rings (SSSR count). The van der Waals surface area contributed by atoms with Crippen LogP contribution < -0.4 is 16.2 Å². The lowest BCUT2D eigenvalue weighted by atomic mass is 10.1. The van der Waals surface area contributed by atoms with Crippen LogP contribution in [0.5, 0.6) is 0 Å². The minimum absolute atomic E-state index is 0.109. The third kappa shape index (κ3) is 6.98. The molecule has 2 amide bonds. The summed E-state index contributed by atoms with van der Waals surface area (Å²) in [7, 11) is 0. The first-order chi connectivity index (χ1) is 20.4. The first-order valence-electron chi connectivity index (χ1n) is 13.8. The van der Waals surface area contributed by atoms with Crippen LogP contribution in [-0.2, 0) is 24.4 Å². The highest BCUT2D eigenvalue weighted by Crippen LogP contribution is 2.26. The van der Waals surface area contributed by atoms with E-state index in [0.29, 0.717) is 46.9 Å². The van der Waals surface area contributed by atoms with Crippen LogP contribution in [0.15, 0.2) is 106 Å². The molecule has 2 N–H and O–H groups in total. The lowest BCUT2D eigenvalue weighted by Crippen LogP contribution is -2.33. The molecule has 0 aliphatic carbocycles. The van der Waals surface area contributed by atoms with E-state index in [1.807, 2.05) is 62.4 Å². The predicted octanol–water partition coefficient (Wildman–Crippen LogP) is 5.46. The van der Waals surface area contributed by atoms with Crippen molar-refractivity contribution >= 4 is 34.5 Å². The van der Waals surface area contributed by atoms with Gasteiger partial charge in [-0.25, -0.2) is 4.98 Å². The number of thioether (sulfide) groups is 1. The number of hydrogen-bond acceptors (Lipinski definition) is 6. The average Bonchev–Trinajstić information content (AvgIpc) is 3.54. The molecule has 9 heteroatoms. The molecule has 214 valence electrons. The summed E-state index contributed by atoms with van der Waals surface area (Å²) in [6.45, 7) is 4.94. The molecule has 0 saturated heterocycles. The van der Waals surface area contributed by atoms with Crippen molar-refractivity contribution in [1.82, 2.24) is 20.2 Å². The Kier molecular flexibility index (Phi) is 9.18. The Bertz CT molecular complexity index is 1730. The number of rotatable bonds is 11. The molecule has 8 nitrogen and oxygen atoms in total. The van der Waals surface area contributed by atoms with Gasteiger partial charge < -0.3 is 15.1 Å². The number of carbonyl (C=O) groups is 2. The predicted molar refractivity (Wildman–Crippen MR) is 164 cm³/mol. The number of nitrogens with zero attached hydrogens (tertiary/aromatic N) is 2. The highest BCUT2D eigenvalue weighted by molar-refractivity contribution is 8.00. The summed E-state index contributed by atoms with van der Waals surface area (Å²) < 4.78 is 6.87. The molecule has 0 bridgehead atoms. The fourth-order valence-electron chi connectivity index (χ4n) is 4.46. The van der Waals surface area contributed by atoms with E-state index in [9.17, 15) is 14.4 Å². The molecule has 0 radical (unpaired) electrons. The van der Waals surface area contributed by atoms with Gasteiger partial charge in [0, 0.05) is 12.1 Å². The molecular weight excluding hydrogens is 548 g/mol. The van der Waals surface area contributed by atoms with Crippen molar-refractivity contribution in [3.05, 3.63) is 130 Å². The molecule has 0 fully saturated rings. The van der Waals surface area contributed by atoms with E-state index in [0.717, 1.165) is 16.7 Å². The Morgan fingerprint density at radius 3 is 2.36 bits per heavy atom. The smallest absolute Gasteiger partial charge is 0.262 e. The normalized spacial score (nSPS) is 11.8. The minimum atomic E-state index is -0.435. The van der Waals surface area contributed by atoms with Crippen LogP contribution in [0.4, 0.5) is 0 Å². The summed E-state index contributed by atoms with van der Waals surface area (Å²) in [5.74, 6) is 0.338. The first-order valence-corrected chi connectivity index (χ1v) is 14.7. The van der Waals surface area contributed by atoms with E-state index in [-0.39, 0.29) is 23.9 Å². The average molecular weight is 581 g/mol. The van der Waals surface area contributed by atoms with Crippen molar-refractivity contribution in [2.24, 2.45) is 0 Å². The number of benzene rings is 3. The van der Waals surface area contributed by atoms with Crippen molar-refractivity contribution in [1.29, 1.82) is 0 Å². The third-order valence-electron chi connectivity index (χ3n) is 6.88. The van der Waals surface area contributed by atoms with Gasteiger partial charge in [-0.3, -0.25) is 19.0 Å². The van der Waals surface area contributed by atoms with Crippen LogP contribution in [0, 0.1) is 6.92 Å². The largest absolute Gasteiger partial charge is 0.467 e. The van der Waals surface area contributed by atoms with Crippen LogP contribution >= 0.6 is 11.8 Å². The SMILES string of the molecule is CC[C@@H](Sc1nc2ccccc2c(=O)n1Cc1ccc(C(=O)NCc2ccco2)cc1)C(=O)NCc1ccc(C)cc1. The third-order valence-corrected chi connectivity index (χ3v) is 8.24. The maximum absolute atomic E-state index is 13.6. The highest BCUT2D eigenvalue weighted by atomic mass is 32.2. The molecule has 0 saturated carbocycles. The van der Waals surface area contributed by atoms with Crippen LogP contribution in [0.25, 0.3) is 10.9 Å². The standard InChI is InChI=1S/C33H32N4O4S/c1-3-29(31(39)34-19-23-12-10-22(2)11-13-23)42-33-36-28-9-5-4-8-27(28)32(40)37(33)21-24-14-16-25(17-15-24)30(38)35-20-26-7-6-18-41-26/h4-18,29H,3,19-21H2,1-2H3,(H,34,39)(H,35,38)/t29-/m1/s1. The minimum Gasteiger partial charge on any atom is -0.467 e. The summed E-state index contributed by atoms with van der Waals surface area (Å²) in [5.41, 5.74) is 3.91. The Morgan fingerprint density at radius 1 is 0.905 bits per heavy atom. The Morgan fingerprint density at radius 2 is 1.64 bits per heavy atom. The zero-order valence-electron chi connectivity index (χ0n) is 23.5. The second-order valence-corrected chi connectivity index (χ2v) is 11.1. The highest BCUT2D eigenvalue weighted by Gasteiger charge is 2.22. The van der Waals surface area contributed by atoms with Crippen molar-refractivity contribution < 1.29 is 14.0 Å². The second kappa shape index (κ2) is 13.4. The van der Waals surface area contributed by atoms with Gasteiger partial charge in [0.05, 0.1) is 35.5 Å². The van der Waals surface area contributed by atoms with E-state index in [1.54, 1.807) is 47.2 Å². The number of amides is 2. The molecule has 1 atom stereocenters. The van der Waals surface area contributed by atoms with E-state index in [4.69, 9.17) is 9.40 Å². The zero-order valence-corrected chi connectivity index (χ0v) is 24.3. The van der Waals surface area contributed by atoms with Gasteiger partial charge in [-0.15, -0.1) is 0 Å². The maximum atomic E-state index is 13.6. The molecule has 0 spiro atoms. The van der Waals surface area contributed by atoms with Crippen LogP contribution in [0.1, 0.15) is 46.2 Å². The van der Waals surface area contributed by atoms with Gasteiger partial charge in [0.15, 0.2) is 5.16 Å². The topological polar surface area (TPSA) is 106 Å². The molecule has 3 aromatic carbocycles. The lowest BCUT2D eigenvalue weighted by Gasteiger charge is -2.18. The molecule has 5 aromatic rings. The Hall–Kier alpha value is -4.63. The molecule has 0 aliphatic rings. The van der Waals surface area contributed by atoms with E-state index < -0.39 is 5.25 Å². The number of aromatic nitrogens is 2. The molecule has 0 aliphatic heterocycles. The van der Waals surface area contributed by atoms with E-state index in [1.165, 1.54) is 11.8 Å². The fraction of sp³-hybridized carbons (Fsp3) is 0.212. The maximum Gasteiger partial charge on any atom is 0.262 e. The Balaban J connectivity index is 1.34. The van der Waals surface area contributed by atoms with E-state index >= 15 is 0 Å². The quantitative estimate of drug-likeness (QED) is 0.159. The van der Waals surface area contributed by atoms with E-state index in [2.05, 4.69) is 10.6 Å². The molecule has 0 unspecified atom stereocenters. The van der Waals surface area contributed by atoms with Gasteiger partial charge in [0.2, 0.25) is 5.91 Å². The fourth-order valence-corrected chi connectivity index (χ4v) is 5.50. The van der Waals surface area contributed by atoms with Gasteiger partial charge >= 0.3 is 0 Å². The zero-order chi connectivity index (χ0) is 29.5. The number of hydrogen-bond donors (Lipinski definition) is 2. The summed E-state index contributed by atoms with van der Waals surface area (Å²) in [6.07, 6.45) is 2.13. The van der Waals surface area contributed by atoms with Crippen molar-refractivity contribution in [3.8, 4) is 0 Å². The Labute approximate surface area is 248 Å². The monoisotopic (exact) mass is 580 g/mol. The number of carbonyl (C=O) groups excluding carboxylic acids is 2. The van der Waals surface area contributed by atoms with Crippen molar-refractivity contribution in [2.75, 3.05) is 0 Å². The van der Waals surface area contributed by atoms with Gasteiger partial charge in [0.1, 0.15) is 5.76 Å². The van der Waals surface area contributed by atoms with Crippen molar-refractivity contribution in [2.45, 2.75) is 50.3 Å². The lowest BCUT2D eigenvalue weighted by molar-refractivity contribution is -0.120. The van der Waals surface area contributed by atoms with Crippen LogP contribution in [-0.4, -0.2) is 26.6 Å². The molecule has 2 heterocycles. The summed E-state index contributed by atoms with van der Waals surface area (Å²) in [6, 6.07) is 25.9. The molecule has 2 aromatic heterocycles. The molecular formula is C33H32N4O4S. The second-order valence-electron chi connectivity index (χ2n) is 9.98. The number of para-hydroxylation sites is 1. The van der Waals surface area contributed by atoms with Gasteiger partial charge in [0.25, 0.3) is 11.5 Å².